The fourth-order valence-electron chi connectivity index (χ4n) is 3.89. The Morgan fingerprint density at radius 2 is 2.26 bits per heavy atom. The number of anilines is 1. The lowest BCUT2D eigenvalue weighted by molar-refractivity contribution is -0.150. The highest BCUT2D eigenvalue weighted by Crippen LogP contribution is 2.43. The highest BCUT2D eigenvalue weighted by molar-refractivity contribution is 8.08. The number of carbonyl (C=O) groups excluding carboxylic acids is 2. The van der Waals surface area contributed by atoms with Crippen molar-refractivity contribution in [3.05, 3.63) is 64.1 Å². The van der Waals surface area contributed by atoms with Gasteiger partial charge < -0.3 is 21.0 Å². The molecule has 0 bridgehead atoms. The van der Waals surface area contributed by atoms with Gasteiger partial charge in [0.2, 0.25) is 11.5 Å². The Morgan fingerprint density at radius 1 is 1.39 bits per heavy atom. The van der Waals surface area contributed by atoms with E-state index in [4.69, 9.17) is 10.6 Å². The van der Waals surface area contributed by atoms with E-state index in [0.29, 0.717) is 10.7 Å². The first-order valence-electron chi connectivity index (χ1n) is 11.4. The van der Waals surface area contributed by atoms with Gasteiger partial charge >= 0.3 is 5.97 Å². The minimum atomic E-state index is -1.21. The molecule has 4 heterocycles. The Bertz CT molecular complexity index is 1370. The number of aromatic nitrogens is 3. The summed E-state index contributed by atoms with van der Waals surface area (Å²) in [6, 6.07) is 2.72. The largest absolute Gasteiger partial charge is 0.477 e. The van der Waals surface area contributed by atoms with Crippen molar-refractivity contribution >= 4 is 69.8 Å². The predicted octanol–water partition coefficient (Wildman–Crippen LogP) is 2.05. The van der Waals surface area contributed by atoms with E-state index in [0.717, 1.165) is 29.9 Å². The van der Waals surface area contributed by atoms with Gasteiger partial charge in [-0.15, -0.1) is 11.8 Å². The molecule has 0 radical (unpaired) electrons. The van der Waals surface area contributed by atoms with Crippen molar-refractivity contribution in [1.29, 1.82) is 0 Å². The molecule has 3 atom stereocenters. The van der Waals surface area contributed by atoms with Gasteiger partial charge in [-0.1, -0.05) is 29.1 Å². The molecular weight excluding hydrogens is 550 g/mol. The molecule has 0 aromatic carbocycles. The Labute approximate surface area is 229 Å². The number of β-lactam (4-membered cyclic amide) rings is 1. The molecular formula is C23H21N7O5S3. The third-order valence-electron chi connectivity index (χ3n) is 5.69. The van der Waals surface area contributed by atoms with Crippen LogP contribution in [0.4, 0.5) is 5.13 Å². The zero-order chi connectivity index (χ0) is 26.6. The third kappa shape index (κ3) is 5.44. The second-order valence-corrected chi connectivity index (χ2v) is 11.1. The van der Waals surface area contributed by atoms with Crippen LogP contribution in [0.1, 0.15) is 24.2 Å². The van der Waals surface area contributed by atoms with Crippen LogP contribution < -0.4 is 11.1 Å². The average molecular weight is 572 g/mol. The minimum Gasteiger partial charge on any atom is -0.477 e. The van der Waals surface area contributed by atoms with Crippen LogP contribution in [-0.4, -0.2) is 71.1 Å². The van der Waals surface area contributed by atoms with Gasteiger partial charge in [-0.2, -0.15) is 9.36 Å². The monoisotopic (exact) mass is 571 g/mol. The number of nitrogens with two attached hydrogens (primary N) is 1. The van der Waals surface area contributed by atoms with Crippen LogP contribution in [0.25, 0.3) is 6.08 Å². The SMILES string of the molecule is Nc1nc(C(=NOC2C=CCC2)C(=O)NC2C(=O)N3C(C(=O)O)=C(S/C=C\c4cccnc4)CS[C@H]23)ns1. The molecule has 0 saturated carbocycles. The predicted molar refractivity (Wildman–Crippen MR) is 145 cm³/mol. The number of nitrogen functional groups attached to an aromatic ring is 1. The first-order valence-corrected chi connectivity index (χ1v) is 14.1. The third-order valence-corrected chi connectivity index (χ3v) is 8.59. The highest BCUT2D eigenvalue weighted by Gasteiger charge is 2.54. The Balaban J connectivity index is 1.30. The molecule has 2 unspecified atom stereocenters. The molecule has 4 N–H and O–H groups in total. The summed E-state index contributed by atoms with van der Waals surface area (Å²) in [5.74, 6) is -2.13. The number of allylic oxidation sites excluding steroid dienone is 1. The van der Waals surface area contributed by atoms with Crippen molar-refractivity contribution < 1.29 is 24.3 Å². The number of amides is 2. The molecule has 1 fully saturated rings. The Kier molecular flexibility index (Phi) is 7.76. The molecule has 12 nitrogen and oxygen atoms in total. The fourth-order valence-corrected chi connectivity index (χ4v) is 6.68. The number of carbonyl (C=O) groups is 3. The van der Waals surface area contributed by atoms with Gasteiger partial charge in [0.05, 0.1) is 0 Å². The van der Waals surface area contributed by atoms with Crippen molar-refractivity contribution in [3.8, 4) is 0 Å². The molecule has 2 aromatic rings. The molecule has 2 aliphatic heterocycles. The number of carboxylic acid groups (broad SMARTS) is 1. The van der Waals surface area contributed by atoms with E-state index < -0.39 is 29.2 Å². The van der Waals surface area contributed by atoms with Gasteiger partial charge in [-0.25, -0.2) is 4.79 Å². The summed E-state index contributed by atoms with van der Waals surface area (Å²) < 4.78 is 4.05. The van der Waals surface area contributed by atoms with Crippen molar-refractivity contribution in [2.45, 2.75) is 30.4 Å². The fraction of sp³-hybridized carbons (Fsp3) is 0.261. The summed E-state index contributed by atoms with van der Waals surface area (Å²) in [4.78, 5) is 53.6. The van der Waals surface area contributed by atoms with Crippen molar-refractivity contribution in [1.82, 2.24) is 24.6 Å². The van der Waals surface area contributed by atoms with E-state index in [2.05, 4.69) is 24.8 Å². The second kappa shape index (κ2) is 11.4. The van der Waals surface area contributed by atoms with Gasteiger partial charge in [-0.05, 0) is 42.0 Å². The molecule has 2 amide bonds. The number of carboxylic acids is 1. The van der Waals surface area contributed by atoms with Crippen molar-refractivity contribution in [2.75, 3.05) is 11.5 Å². The number of fused-ring (bicyclic) bond motifs is 1. The molecule has 0 spiro atoms. The number of thioether (sulfide) groups is 2. The zero-order valence-corrected chi connectivity index (χ0v) is 22.0. The molecule has 1 saturated heterocycles. The molecule has 1 aliphatic carbocycles. The summed E-state index contributed by atoms with van der Waals surface area (Å²) in [6.07, 6.45) is 10.2. The summed E-state index contributed by atoms with van der Waals surface area (Å²) in [5.41, 5.74) is 6.24. The number of hydrogen-bond donors (Lipinski definition) is 3. The smallest absolute Gasteiger partial charge is 0.353 e. The molecule has 15 heteroatoms. The van der Waals surface area contributed by atoms with E-state index in [1.165, 1.54) is 28.4 Å². The first kappa shape index (κ1) is 25.9. The van der Waals surface area contributed by atoms with Gasteiger partial charge in [0.15, 0.2) is 5.13 Å². The van der Waals surface area contributed by atoms with E-state index in [9.17, 15) is 19.5 Å². The normalized spacial score (nSPS) is 22.9. The van der Waals surface area contributed by atoms with Crippen LogP contribution in [-0.2, 0) is 19.2 Å². The van der Waals surface area contributed by atoms with E-state index in [-0.39, 0.29) is 28.5 Å². The van der Waals surface area contributed by atoms with E-state index in [1.807, 2.05) is 24.3 Å². The van der Waals surface area contributed by atoms with Crippen LogP contribution in [0, 0.1) is 0 Å². The quantitative estimate of drug-likeness (QED) is 0.174. The van der Waals surface area contributed by atoms with Gasteiger partial charge in [-0.3, -0.25) is 19.5 Å². The van der Waals surface area contributed by atoms with Crippen molar-refractivity contribution in [2.24, 2.45) is 5.16 Å². The van der Waals surface area contributed by atoms with Gasteiger partial charge in [0.25, 0.3) is 11.8 Å². The Morgan fingerprint density at radius 3 is 2.95 bits per heavy atom. The number of nitrogens with one attached hydrogen (secondary N) is 1. The average Bonchev–Trinajstić information content (AvgIpc) is 3.59. The maximum Gasteiger partial charge on any atom is 0.353 e. The number of aliphatic carboxylic acids is 1. The molecule has 3 aliphatic rings. The van der Waals surface area contributed by atoms with Crippen LogP contribution in [0.5, 0.6) is 0 Å². The van der Waals surface area contributed by atoms with Gasteiger partial charge in [0, 0.05) is 34.6 Å². The van der Waals surface area contributed by atoms with Crippen LogP contribution in [0.15, 0.2) is 57.8 Å². The second-order valence-electron chi connectivity index (χ2n) is 8.19. The first-order chi connectivity index (χ1) is 18.4. The molecule has 5 rings (SSSR count). The highest BCUT2D eigenvalue weighted by atomic mass is 32.2. The lowest BCUT2D eigenvalue weighted by atomic mass is 10.0. The maximum absolute atomic E-state index is 13.2. The number of nitrogens with zero attached hydrogens (tertiary/aromatic N) is 5. The minimum absolute atomic E-state index is 0.0166. The topological polar surface area (TPSA) is 173 Å². The maximum atomic E-state index is 13.2. The summed E-state index contributed by atoms with van der Waals surface area (Å²) in [7, 11) is 0. The number of oxime groups is 1. The zero-order valence-electron chi connectivity index (χ0n) is 19.6. The molecule has 196 valence electrons. The summed E-state index contributed by atoms with van der Waals surface area (Å²) in [5, 5.41) is 17.8. The van der Waals surface area contributed by atoms with Crippen LogP contribution in [0.3, 0.4) is 0 Å². The van der Waals surface area contributed by atoms with Crippen molar-refractivity contribution in [3.63, 3.8) is 0 Å². The lowest BCUT2D eigenvalue weighted by Crippen LogP contribution is -2.71. The molecule has 2 aromatic heterocycles. The van der Waals surface area contributed by atoms with E-state index in [1.54, 1.807) is 23.9 Å². The van der Waals surface area contributed by atoms with E-state index >= 15 is 0 Å². The lowest BCUT2D eigenvalue weighted by Gasteiger charge is -2.49. The van der Waals surface area contributed by atoms with Crippen LogP contribution >= 0.6 is 35.1 Å². The Hall–Kier alpha value is -3.69. The standard InChI is InChI=1S/C23H21N7O5S3/c24-23-27-18(29-38-23)15(28-35-13-5-1-2-6-13)19(31)26-16-20(32)30-17(22(33)34)14(11-37-21(16)30)36-9-7-12-4-3-8-25-10-12/h1,3-5,7-10,13,16,21H,2,6,11H2,(H,26,31)(H,33,34)(H2,24,27,29)/b9-7-,28-15?/t13?,16?,21-/m1/s1. The molecule has 38 heavy (non-hydrogen) atoms. The number of rotatable bonds is 9. The summed E-state index contributed by atoms with van der Waals surface area (Å²) in [6.45, 7) is 0. The van der Waals surface area contributed by atoms with Gasteiger partial charge in [0.1, 0.15) is 23.2 Å². The summed E-state index contributed by atoms with van der Waals surface area (Å²) >= 11 is 3.49. The number of pyridine rings is 1. The van der Waals surface area contributed by atoms with Crippen LogP contribution in [0.2, 0.25) is 0 Å². The number of hydrogen-bond acceptors (Lipinski definition) is 12.